The van der Waals surface area contributed by atoms with Gasteiger partial charge >= 0.3 is 5.69 Å². The second kappa shape index (κ2) is 10.3. The lowest BCUT2D eigenvalue weighted by molar-refractivity contribution is -0.383. The molecular weight excluding hydrogens is 418 g/mol. The highest BCUT2D eigenvalue weighted by Gasteiger charge is 2.24. The Kier molecular flexibility index (Phi) is 7.09. The monoisotopic (exact) mass is 437 g/mol. The van der Waals surface area contributed by atoms with Crippen molar-refractivity contribution in [1.82, 2.24) is 20.8 Å². The van der Waals surface area contributed by atoms with E-state index >= 15 is 0 Å². The summed E-state index contributed by atoms with van der Waals surface area (Å²) in [6.07, 6.45) is 1.11. The van der Waals surface area contributed by atoms with Crippen molar-refractivity contribution in [3.63, 3.8) is 0 Å². The van der Waals surface area contributed by atoms with Gasteiger partial charge in [-0.1, -0.05) is 30.3 Å². The van der Waals surface area contributed by atoms with Crippen LogP contribution in [0.2, 0.25) is 0 Å². The van der Waals surface area contributed by atoms with Crippen molar-refractivity contribution in [2.75, 3.05) is 18.0 Å². The van der Waals surface area contributed by atoms with Gasteiger partial charge < -0.3 is 4.74 Å². The summed E-state index contributed by atoms with van der Waals surface area (Å²) in [5.74, 6) is -0.928. The van der Waals surface area contributed by atoms with Gasteiger partial charge in [0.05, 0.1) is 18.5 Å². The van der Waals surface area contributed by atoms with Gasteiger partial charge in [0.2, 0.25) is 17.5 Å². The van der Waals surface area contributed by atoms with Crippen LogP contribution in [0.4, 0.5) is 17.3 Å². The number of hydrogen-bond acceptors (Lipinski definition) is 9. The number of carbonyl (C=O) groups excluding carboxylic acids is 2. The van der Waals surface area contributed by atoms with Crippen molar-refractivity contribution in [3.8, 4) is 5.75 Å². The van der Waals surface area contributed by atoms with E-state index in [1.807, 2.05) is 6.07 Å². The Balaban J connectivity index is 1.66. The first kappa shape index (κ1) is 22.0. The number of rotatable bonds is 9. The summed E-state index contributed by atoms with van der Waals surface area (Å²) in [5, 5.41) is 11.6. The molecule has 0 bridgehead atoms. The molecule has 0 fully saturated rings. The van der Waals surface area contributed by atoms with E-state index in [-0.39, 0.29) is 18.1 Å². The number of aromatic nitrogens is 2. The Morgan fingerprint density at radius 2 is 1.59 bits per heavy atom. The molecule has 0 saturated carbocycles. The first-order valence-corrected chi connectivity index (χ1v) is 9.26. The van der Waals surface area contributed by atoms with Crippen LogP contribution in [0.5, 0.6) is 5.75 Å². The van der Waals surface area contributed by atoms with Crippen LogP contribution in [0.15, 0.2) is 60.9 Å². The lowest BCUT2D eigenvalue weighted by Crippen LogP contribution is -2.32. The van der Waals surface area contributed by atoms with Gasteiger partial charge in [-0.2, -0.15) is 0 Å². The molecule has 0 aliphatic rings. The van der Waals surface area contributed by atoms with Crippen LogP contribution in [0.1, 0.15) is 15.9 Å². The van der Waals surface area contributed by atoms with Gasteiger partial charge in [-0.25, -0.2) is 9.97 Å². The van der Waals surface area contributed by atoms with Crippen LogP contribution in [-0.2, 0) is 11.2 Å². The number of anilines is 2. The Morgan fingerprint density at radius 3 is 2.19 bits per heavy atom. The maximum Gasteiger partial charge on any atom is 0.356 e. The van der Waals surface area contributed by atoms with Crippen LogP contribution in [0, 0.1) is 10.1 Å². The van der Waals surface area contributed by atoms with Gasteiger partial charge in [-0.05, 0) is 29.8 Å². The second-order valence-corrected chi connectivity index (χ2v) is 6.32. The fourth-order valence-corrected chi connectivity index (χ4v) is 2.62. The zero-order valence-corrected chi connectivity index (χ0v) is 16.9. The van der Waals surface area contributed by atoms with E-state index < -0.39 is 22.4 Å². The molecular formula is C20H19N7O5. The van der Waals surface area contributed by atoms with Crippen molar-refractivity contribution in [2.45, 2.75) is 6.42 Å². The third-order valence-electron chi connectivity index (χ3n) is 4.18. The highest BCUT2D eigenvalue weighted by Crippen LogP contribution is 2.27. The largest absolute Gasteiger partial charge is 0.497 e. The lowest BCUT2D eigenvalue weighted by Gasteiger charge is -2.11. The number of amides is 2. The molecule has 0 atom stereocenters. The molecule has 4 N–H and O–H groups in total. The molecule has 12 nitrogen and oxygen atoms in total. The molecule has 1 aromatic heterocycles. The standard InChI is InChI=1S/C20H19N7O5/c1-32-15-9-7-14(8-10-15)20(29)26-25-19-17(27(30)31)18(21-12-22-19)24-23-16(28)11-13-5-3-2-4-6-13/h2-10,12H,11H2,1H3,(H,23,28)(H,26,29)(H2,21,22,24,25). The van der Waals surface area contributed by atoms with E-state index in [1.165, 1.54) is 19.2 Å². The first-order chi connectivity index (χ1) is 15.5. The summed E-state index contributed by atoms with van der Waals surface area (Å²) in [6, 6.07) is 15.2. The average molecular weight is 437 g/mol. The molecule has 32 heavy (non-hydrogen) atoms. The van der Waals surface area contributed by atoms with E-state index in [1.54, 1.807) is 36.4 Å². The quantitative estimate of drug-likeness (QED) is 0.289. The van der Waals surface area contributed by atoms with Gasteiger partial charge in [0.25, 0.3) is 5.91 Å². The van der Waals surface area contributed by atoms with Crippen LogP contribution >= 0.6 is 0 Å². The maximum atomic E-state index is 12.3. The molecule has 0 aliphatic carbocycles. The SMILES string of the molecule is COc1ccc(C(=O)NNc2ncnc(NNC(=O)Cc3ccccc3)c2[N+](=O)[O-])cc1. The molecule has 164 valence electrons. The lowest BCUT2D eigenvalue weighted by atomic mass is 10.1. The number of nitrogens with zero attached hydrogens (tertiary/aromatic N) is 3. The molecule has 0 radical (unpaired) electrons. The van der Waals surface area contributed by atoms with Gasteiger partial charge in [-0.3, -0.25) is 41.4 Å². The van der Waals surface area contributed by atoms with Gasteiger partial charge in [0.1, 0.15) is 12.1 Å². The molecule has 0 aliphatic heterocycles. The number of ether oxygens (including phenoxy) is 1. The van der Waals surface area contributed by atoms with Crippen molar-refractivity contribution in [2.24, 2.45) is 0 Å². The molecule has 0 unspecified atom stereocenters. The number of hydrogen-bond donors (Lipinski definition) is 4. The fourth-order valence-electron chi connectivity index (χ4n) is 2.62. The van der Waals surface area contributed by atoms with E-state index in [2.05, 4.69) is 31.7 Å². The van der Waals surface area contributed by atoms with Crippen LogP contribution < -0.4 is 26.4 Å². The third-order valence-corrected chi connectivity index (χ3v) is 4.18. The Hall–Kier alpha value is -4.74. The molecule has 3 rings (SSSR count). The van der Waals surface area contributed by atoms with E-state index in [0.29, 0.717) is 11.3 Å². The smallest absolute Gasteiger partial charge is 0.356 e. The average Bonchev–Trinajstić information content (AvgIpc) is 2.81. The minimum absolute atomic E-state index is 0.0652. The van der Waals surface area contributed by atoms with Crippen LogP contribution in [0.25, 0.3) is 0 Å². The highest BCUT2D eigenvalue weighted by atomic mass is 16.6. The van der Waals surface area contributed by atoms with Gasteiger partial charge in [0, 0.05) is 5.56 Å². The minimum Gasteiger partial charge on any atom is -0.497 e. The van der Waals surface area contributed by atoms with Crippen LogP contribution in [-0.4, -0.2) is 33.8 Å². The van der Waals surface area contributed by atoms with Crippen molar-refractivity contribution in [3.05, 3.63) is 82.2 Å². The van der Waals surface area contributed by atoms with Crippen molar-refractivity contribution in [1.29, 1.82) is 0 Å². The van der Waals surface area contributed by atoms with E-state index in [4.69, 9.17) is 4.74 Å². The Labute approximate surface area is 182 Å². The summed E-state index contributed by atoms with van der Waals surface area (Å²) in [5.41, 5.74) is 10.0. The minimum atomic E-state index is -0.743. The van der Waals surface area contributed by atoms with Crippen molar-refractivity contribution < 1.29 is 19.2 Å². The predicted molar refractivity (Wildman–Crippen MR) is 115 cm³/mol. The molecule has 0 saturated heterocycles. The molecule has 3 aromatic rings. The summed E-state index contributed by atoms with van der Waals surface area (Å²) in [6.45, 7) is 0. The van der Waals surface area contributed by atoms with Crippen molar-refractivity contribution >= 4 is 29.1 Å². The number of nitrogens with one attached hydrogen (secondary N) is 4. The normalized spacial score (nSPS) is 10.0. The topological polar surface area (TPSA) is 160 Å². The summed E-state index contributed by atoms with van der Waals surface area (Å²) in [7, 11) is 1.50. The second-order valence-electron chi connectivity index (χ2n) is 6.32. The number of carbonyl (C=O) groups is 2. The van der Waals surface area contributed by atoms with E-state index in [9.17, 15) is 19.7 Å². The molecule has 0 spiro atoms. The summed E-state index contributed by atoms with van der Waals surface area (Å²) in [4.78, 5) is 42.8. The van der Waals surface area contributed by atoms with Crippen LogP contribution in [0.3, 0.4) is 0 Å². The number of hydrazine groups is 2. The highest BCUT2D eigenvalue weighted by molar-refractivity contribution is 5.95. The van der Waals surface area contributed by atoms with Gasteiger partial charge in [0.15, 0.2) is 0 Å². The molecule has 12 heteroatoms. The number of nitro groups is 1. The Morgan fingerprint density at radius 1 is 0.969 bits per heavy atom. The Bertz CT molecular complexity index is 1110. The molecule has 2 aromatic carbocycles. The zero-order chi connectivity index (χ0) is 22.9. The fraction of sp³-hybridized carbons (Fsp3) is 0.100. The van der Waals surface area contributed by atoms with Gasteiger partial charge in [-0.15, -0.1) is 0 Å². The third kappa shape index (κ3) is 5.66. The molecule has 2 amide bonds. The number of methoxy groups -OCH3 is 1. The zero-order valence-electron chi connectivity index (χ0n) is 16.9. The summed E-state index contributed by atoms with van der Waals surface area (Å²) < 4.78 is 5.03. The summed E-state index contributed by atoms with van der Waals surface area (Å²) >= 11 is 0. The predicted octanol–water partition coefficient (Wildman–Crippen LogP) is 1.84. The number of benzene rings is 2. The molecule has 1 heterocycles. The maximum absolute atomic E-state index is 12.3. The van der Waals surface area contributed by atoms with E-state index in [0.717, 1.165) is 11.9 Å². The first-order valence-electron chi connectivity index (χ1n) is 9.26.